The van der Waals surface area contributed by atoms with E-state index in [1.54, 1.807) is 11.8 Å². The lowest BCUT2D eigenvalue weighted by Crippen LogP contribution is -2.04. The van der Waals surface area contributed by atoms with Crippen molar-refractivity contribution < 1.29 is 9.90 Å². The Kier molecular flexibility index (Phi) is 5.10. The molecule has 1 aromatic heterocycles. The van der Waals surface area contributed by atoms with Gasteiger partial charge in [0.1, 0.15) is 11.9 Å². The molecular weight excluding hydrogens is 212 g/mol. The number of unbranched alkanes of at least 4 members (excludes halogenated alkanes) is 1. The highest BCUT2D eigenvalue weighted by molar-refractivity contribution is 7.98. The molecule has 15 heavy (non-hydrogen) atoms. The summed E-state index contributed by atoms with van der Waals surface area (Å²) in [5, 5.41) is 8.88. The first kappa shape index (κ1) is 12.0. The van der Waals surface area contributed by atoms with E-state index in [1.807, 2.05) is 0 Å². The van der Waals surface area contributed by atoms with E-state index < -0.39 is 5.97 Å². The Hall–Kier alpha value is -1.10. The van der Waals surface area contributed by atoms with Gasteiger partial charge in [-0.05, 0) is 12.2 Å². The Bertz CT molecular complexity index is 331. The van der Waals surface area contributed by atoms with Crippen LogP contribution < -0.4 is 0 Å². The first-order valence-corrected chi connectivity index (χ1v) is 6.01. The summed E-state index contributed by atoms with van der Waals surface area (Å²) < 4.78 is 0. The van der Waals surface area contributed by atoms with E-state index in [0.717, 1.165) is 18.6 Å². The fourth-order valence-electron chi connectivity index (χ4n) is 1.06. The van der Waals surface area contributed by atoms with Crippen molar-refractivity contribution in [2.24, 2.45) is 0 Å². The van der Waals surface area contributed by atoms with Gasteiger partial charge in [-0.15, -0.1) is 0 Å². The highest BCUT2D eigenvalue weighted by atomic mass is 32.2. The first-order valence-electron chi connectivity index (χ1n) is 4.85. The molecule has 1 heterocycles. The molecule has 82 valence electrons. The molecule has 0 spiro atoms. The number of carbonyl (C=O) groups is 1. The van der Waals surface area contributed by atoms with Crippen LogP contribution in [0.4, 0.5) is 0 Å². The maximum absolute atomic E-state index is 10.8. The van der Waals surface area contributed by atoms with Crippen LogP contribution in [0.2, 0.25) is 0 Å². The quantitative estimate of drug-likeness (QED) is 0.753. The van der Waals surface area contributed by atoms with E-state index in [-0.39, 0.29) is 5.56 Å². The third-order valence-electron chi connectivity index (χ3n) is 1.91. The molecule has 0 aromatic carbocycles. The Morgan fingerprint density at radius 1 is 1.60 bits per heavy atom. The summed E-state index contributed by atoms with van der Waals surface area (Å²) in [5.74, 6) is 0.727. The molecule has 0 amide bonds. The maximum atomic E-state index is 10.8. The Morgan fingerprint density at radius 3 is 3.07 bits per heavy atom. The van der Waals surface area contributed by atoms with E-state index in [9.17, 15) is 4.79 Å². The van der Waals surface area contributed by atoms with Gasteiger partial charge in [-0.1, -0.05) is 13.3 Å². The summed E-state index contributed by atoms with van der Waals surface area (Å²) in [5.41, 5.74) is 0.820. The molecule has 1 aromatic rings. The second-order valence-electron chi connectivity index (χ2n) is 3.09. The minimum Gasteiger partial charge on any atom is -0.478 e. The largest absolute Gasteiger partial charge is 0.478 e. The molecule has 5 heteroatoms. The summed E-state index contributed by atoms with van der Waals surface area (Å²) in [6.45, 7) is 2.13. The Balaban J connectivity index is 2.56. The van der Waals surface area contributed by atoms with Gasteiger partial charge < -0.3 is 5.11 Å². The first-order chi connectivity index (χ1) is 7.25. The normalized spacial score (nSPS) is 10.2. The number of rotatable bonds is 6. The average Bonchev–Trinajstić information content (AvgIpc) is 2.25. The molecule has 0 aliphatic heterocycles. The molecule has 1 rings (SSSR count). The number of aromatic nitrogens is 2. The zero-order valence-electron chi connectivity index (χ0n) is 8.64. The highest BCUT2D eigenvalue weighted by Crippen LogP contribution is 2.14. The number of nitrogens with zero attached hydrogens (tertiary/aromatic N) is 2. The van der Waals surface area contributed by atoms with Crippen molar-refractivity contribution in [2.75, 3.05) is 5.75 Å². The summed E-state index contributed by atoms with van der Waals surface area (Å²) in [6, 6.07) is 0. The van der Waals surface area contributed by atoms with Crippen molar-refractivity contribution in [3.63, 3.8) is 0 Å². The predicted octanol–water partition coefficient (Wildman–Crippen LogP) is 2.21. The van der Waals surface area contributed by atoms with Crippen LogP contribution in [0.3, 0.4) is 0 Å². The highest BCUT2D eigenvalue weighted by Gasteiger charge is 2.10. The molecule has 0 atom stereocenters. The van der Waals surface area contributed by atoms with Crippen molar-refractivity contribution in [1.82, 2.24) is 9.97 Å². The molecule has 0 fully saturated rings. The van der Waals surface area contributed by atoms with Crippen LogP contribution in [0.1, 0.15) is 35.8 Å². The second-order valence-corrected chi connectivity index (χ2v) is 4.20. The van der Waals surface area contributed by atoms with Gasteiger partial charge in [-0.25, -0.2) is 14.8 Å². The van der Waals surface area contributed by atoms with Crippen molar-refractivity contribution in [2.45, 2.75) is 25.5 Å². The van der Waals surface area contributed by atoms with E-state index in [0.29, 0.717) is 11.4 Å². The molecule has 0 saturated heterocycles. The fraction of sp³-hybridized carbons (Fsp3) is 0.500. The zero-order valence-corrected chi connectivity index (χ0v) is 9.46. The van der Waals surface area contributed by atoms with Crippen LogP contribution in [0.5, 0.6) is 0 Å². The van der Waals surface area contributed by atoms with Gasteiger partial charge in [0, 0.05) is 11.9 Å². The molecule has 4 nitrogen and oxygen atoms in total. The molecule has 0 radical (unpaired) electrons. The lowest BCUT2D eigenvalue weighted by Gasteiger charge is -2.03. The van der Waals surface area contributed by atoms with Gasteiger partial charge in [-0.3, -0.25) is 0 Å². The Morgan fingerprint density at radius 2 is 2.40 bits per heavy atom. The summed E-state index contributed by atoms with van der Waals surface area (Å²) in [7, 11) is 0. The Labute approximate surface area is 93.1 Å². The monoisotopic (exact) mass is 226 g/mol. The van der Waals surface area contributed by atoms with Gasteiger partial charge in [0.15, 0.2) is 0 Å². The lowest BCUT2D eigenvalue weighted by atomic mass is 10.2. The van der Waals surface area contributed by atoms with Crippen LogP contribution in [0.15, 0.2) is 12.5 Å². The number of carboxylic acid groups (broad SMARTS) is 1. The molecule has 0 unspecified atom stereocenters. The van der Waals surface area contributed by atoms with E-state index in [1.165, 1.54) is 12.5 Å². The predicted molar refractivity (Wildman–Crippen MR) is 60.1 cm³/mol. The van der Waals surface area contributed by atoms with Crippen molar-refractivity contribution >= 4 is 17.7 Å². The number of aromatic carboxylic acids is 1. The summed E-state index contributed by atoms with van der Waals surface area (Å²) in [4.78, 5) is 18.5. The van der Waals surface area contributed by atoms with Crippen molar-refractivity contribution in [3.8, 4) is 0 Å². The minimum absolute atomic E-state index is 0.210. The zero-order chi connectivity index (χ0) is 11.1. The average molecular weight is 226 g/mol. The molecule has 0 aliphatic rings. The van der Waals surface area contributed by atoms with Gasteiger partial charge in [-0.2, -0.15) is 11.8 Å². The van der Waals surface area contributed by atoms with Gasteiger partial charge in [0.25, 0.3) is 0 Å². The van der Waals surface area contributed by atoms with Crippen molar-refractivity contribution in [3.05, 3.63) is 23.8 Å². The molecule has 0 saturated carbocycles. The topological polar surface area (TPSA) is 63.1 Å². The maximum Gasteiger partial charge on any atom is 0.339 e. The summed E-state index contributed by atoms with van der Waals surface area (Å²) in [6.07, 6.45) is 5.05. The summed E-state index contributed by atoms with van der Waals surface area (Å²) >= 11 is 1.71. The van der Waals surface area contributed by atoms with E-state index in [4.69, 9.17) is 5.11 Å². The van der Waals surface area contributed by atoms with Crippen LogP contribution >= 0.6 is 11.8 Å². The van der Waals surface area contributed by atoms with Gasteiger partial charge in [0.05, 0.1) is 5.69 Å². The van der Waals surface area contributed by atoms with Gasteiger partial charge >= 0.3 is 5.97 Å². The fourth-order valence-corrected chi connectivity index (χ4v) is 2.12. The lowest BCUT2D eigenvalue weighted by molar-refractivity contribution is 0.0695. The standard InChI is InChI=1S/C10H14N2O2S/c1-2-3-4-15-6-9-8(10(13)14)5-11-7-12-9/h5,7H,2-4,6H2,1H3,(H,13,14). The van der Waals surface area contributed by atoms with Crippen LogP contribution in [0, 0.1) is 0 Å². The van der Waals surface area contributed by atoms with Crippen LogP contribution in [-0.4, -0.2) is 26.8 Å². The SMILES string of the molecule is CCCCSCc1ncncc1C(=O)O. The molecule has 1 N–H and O–H groups in total. The smallest absolute Gasteiger partial charge is 0.339 e. The number of thioether (sulfide) groups is 1. The minimum atomic E-state index is -0.957. The number of hydrogen-bond donors (Lipinski definition) is 1. The third kappa shape index (κ3) is 3.87. The molecular formula is C10H14N2O2S. The van der Waals surface area contributed by atoms with Crippen molar-refractivity contribution in [1.29, 1.82) is 0 Å². The number of carboxylic acids is 1. The second kappa shape index (κ2) is 6.40. The number of hydrogen-bond acceptors (Lipinski definition) is 4. The third-order valence-corrected chi connectivity index (χ3v) is 2.96. The van der Waals surface area contributed by atoms with Gasteiger partial charge in [0.2, 0.25) is 0 Å². The molecule has 0 bridgehead atoms. The molecule has 0 aliphatic carbocycles. The van der Waals surface area contributed by atoms with E-state index in [2.05, 4.69) is 16.9 Å². The van der Waals surface area contributed by atoms with Crippen LogP contribution in [-0.2, 0) is 5.75 Å². The van der Waals surface area contributed by atoms with E-state index >= 15 is 0 Å². The van der Waals surface area contributed by atoms with Crippen LogP contribution in [0.25, 0.3) is 0 Å².